The monoisotopic (exact) mass is 400 g/mol. The molecule has 4 heterocycles. The molecule has 150 valence electrons. The standard InChI is InChI=1S/C18H17FN6O4/c1-22-9-29-17-14-11(16(26)12(18(27)28)8-25(14)22)6-13(19)15(17)23-4-2-10(7-23)24-5-3-20-21-24/h3,5-6,8,10H,2,4,7,9H2,1H3,(H,27,28)/t10-/m1/s1. The van der Waals surface area contributed by atoms with Crippen molar-refractivity contribution in [2.24, 2.45) is 0 Å². The molecule has 0 aliphatic carbocycles. The first-order chi connectivity index (χ1) is 14.0. The predicted octanol–water partition coefficient (Wildman–Crippen LogP) is 0.799. The van der Waals surface area contributed by atoms with Gasteiger partial charge in [-0.2, -0.15) is 0 Å². The first-order valence-electron chi connectivity index (χ1n) is 9.06. The molecule has 1 saturated heterocycles. The summed E-state index contributed by atoms with van der Waals surface area (Å²) in [4.78, 5) is 26.0. The number of carbonyl (C=O) groups is 1. The zero-order chi connectivity index (χ0) is 20.3. The summed E-state index contributed by atoms with van der Waals surface area (Å²) in [5, 5.41) is 18.8. The maximum absolute atomic E-state index is 15.2. The Morgan fingerprint density at radius 2 is 2.24 bits per heavy atom. The fourth-order valence-corrected chi connectivity index (χ4v) is 4.04. The summed E-state index contributed by atoms with van der Waals surface area (Å²) in [6.45, 7) is 1.17. The van der Waals surface area contributed by atoms with Crippen molar-refractivity contribution in [2.45, 2.75) is 12.5 Å². The lowest BCUT2D eigenvalue weighted by atomic mass is 10.1. The van der Waals surface area contributed by atoms with Crippen molar-refractivity contribution < 1.29 is 19.0 Å². The summed E-state index contributed by atoms with van der Waals surface area (Å²) < 4.78 is 24.3. The number of ether oxygens (including phenoxy) is 1. The fraction of sp³-hybridized carbons (Fsp3) is 0.333. The van der Waals surface area contributed by atoms with Crippen molar-refractivity contribution in [3.63, 3.8) is 0 Å². The van der Waals surface area contributed by atoms with Gasteiger partial charge in [0, 0.05) is 32.5 Å². The van der Waals surface area contributed by atoms with Gasteiger partial charge in [0.2, 0.25) is 5.43 Å². The minimum absolute atomic E-state index is 0.0280. The molecule has 2 aliphatic heterocycles. The number of nitrogens with zero attached hydrogens (tertiary/aromatic N) is 6. The molecular weight excluding hydrogens is 383 g/mol. The Morgan fingerprint density at radius 3 is 2.97 bits per heavy atom. The molecule has 5 rings (SSSR count). The molecule has 0 radical (unpaired) electrons. The molecule has 0 bridgehead atoms. The summed E-state index contributed by atoms with van der Waals surface area (Å²) in [7, 11) is 1.69. The Kier molecular flexibility index (Phi) is 3.73. The molecule has 1 aromatic carbocycles. The van der Waals surface area contributed by atoms with Crippen LogP contribution in [-0.2, 0) is 0 Å². The van der Waals surface area contributed by atoms with Gasteiger partial charge in [-0.3, -0.25) is 14.5 Å². The lowest BCUT2D eigenvalue weighted by Gasteiger charge is -2.33. The minimum Gasteiger partial charge on any atom is -0.477 e. The number of anilines is 1. The zero-order valence-electron chi connectivity index (χ0n) is 15.4. The van der Waals surface area contributed by atoms with Crippen LogP contribution in [0.1, 0.15) is 22.8 Å². The first-order valence-corrected chi connectivity index (χ1v) is 9.06. The largest absolute Gasteiger partial charge is 0.477 e. The van der Waals surface area contributed by atoms with Gasteiger partial charge in [-0.25, -0.2) is 13.9 Å². The van der Waals surface area contributed by atoms with Crippen LogP contribution in [0.2, 0.25) is 0 Å². The molecule has 11 heteroatoms. The molecule has 10 nitrogen and oxygen atoms in total. The molecule has 0 spiro atoms. The van der Waals surface area contributed by atoms with Crippen molar-refractivity contribution in [1.29, 1.82) is 0 Å². The minimum atomic E-state index is -1.36. The van der Waals surface area contributed by atoms with Gasteiger partial charge < -0.3 is 14.7 Å². The maximum atomic E-state index is 15.2. The van der Waals surface area contributed by atoms with E-state index in [1.165, 1.54) is 10.9 Å². The molecule has 0 unspecified atom stereocenters. The third-order valence-corrected chi connectivity index (χ3v) is 5.44. The number of pyridine rings is 1. The number of halogens is 1. The van der Waals surface area contributed by atoms with Crippen LogP contribution in [0.5, 0.6) is 5.75 Å². The van der Waals surface area contributed by atoms with Crippen LogP contribution in [0.15, 0.2) is 29.5 Å². The topological polar surface area (TPSA) is 106 Å². The number of carboxylic acid groups (broad SMARTS) is 1. The first kappa shape index (κ1) is 17.5. The average Bonchev–Trinajstić information content (AvgIpc) is 3.37. The van der Waals surface area contributed by atoms with Gasteiger partial charge in [-0.05, 0) is 12.5 Å². The van der Waals surface area contributed by atoms with Gasteiger partial charge in [0.05, 0.1) is 17.6 Å². The third kappa shape index (κ3) is 2.53. The van der Waals surface area contributed by atoms with E-state index in [4.69, 9.17) is 4.74 Å². The molecule has 2 aromatic heterocycles. The van der Waals surface area contributed by atoms with Gasteiger partial charge >= 0.3 is 5.97 Å². The lowest BCUT2D eigenvalue weighted by Crippen LogP contribution is -2.40. The van der Waals surface area contributed by atoms with Gasteiger partial charge in [0.25, 0.3) is 0 Å². The second kappa shape index (κ2) is 6.19. The SMILES string of the molecule is CN1COc2c(N3CC[C@@H](n4ccnn4)C3)c(F)cc3c(=O)c(C(=O)O)cn1c23. The molecule has 1 atom stereocenters. The molecule has 1 fully saturated rings. The van der Waals surface area contributed by atoms with E-state index in [0.29, 0.717) is 18.6 Å². The smallest absolute Gasteiger partial charge is 0.341 e. The van der Waals surface area contributed by atoms with Crippen LogP contribution in [0, 0.1) is 5.82 Å². The number of aromatic nitrogens is 4. The van der Waals surface area contributed by atoms with Gasteiger partial charge in [0.15, 0.2) is 18.3 Å². The van der Waals surface area contributed by atoms with Crippen LogP contribution < -0.4 is 20.1 Å². The molecule has 29 heavy (non-hydrogen) atoms. The van der Waals surface area contributed by atoms with Gasteiger partial charge in [-0.1, -0.05) is 5.21 Å². The van der Waals surface area contributed by atoms with E-state index in [9.17, 15) is 14.7 Å². The van der Waals surface area contributed by atoms with Gasteiger partial charge in [-0.15, -0.1) is 5.10 Å². The van der Waals surface area contributed by atoms with E-state index >= 15 is 4.39 Å². The number of benzene rings is 1. The molecule has 1 N–H and O–H groups in total. The van der Waals surface area contributed by atoms with Crippen LogP contribution >= 0.6 is 0 Å². The van der Waals surface area contributed by atoms with Crippen LogP contribution in [0.25, 0.3) is 10.9 Å². The van der Waals surface area contributed by atoms with Gasteiger partial charge in [0.1, 0.15) is 16.8 Å². The summed E-state index contributed by atoms with van der Waals surface area (Å²) in [5.41, 5.74) is -0.535. The summed E-state index contributed by atoms with van der Waals surface area (Å²) >= 11 is 0. The van der Waals surface area contributed by atoms with E-state index in [-0.39, 0.29) is 29.6 Å². The average molecular weight is 400 g/mol. The van der Waals surface area contributed by atoms with E-state index in [2.05, 4.69) is 10.3 Å². The molecular formula is C18H17FN6O4. The Hall–Kier alpha value is -3.63. The number of aromatic carboxylic acids is 1. The highest BCUT2D eigenvalue weighted by atomic mass is 19.1. The highest BCUT2D eigenvalue weighted by molar-refractivity contribution is 5.97. The fourth-order valence-electron chi connectivity index (χ4n) is 4.04. The van der Waals surface area contributed by atoms with E-state index < -0.39 is 22.8 Å². The quantitative estimate of drug-likeness (QED) is 0.688. The Labute approximate surface area is 163 Å². The normalized spacial score (nSPS) is 18.3. The Bertz CT molecular complexity index is 1190. The summed E-state index contributed by atoms with van der Waals surface area (Å²) in [6, 6.07) is 1.15. The van der Waals surface area contributed by atoms with Crippen LogP contribution in [0.3, 0.4) is 0 Å². The second-order valence-corrected chi connectivity index (χ2v) is 7.16. The second-order valence-electron chi connectivity index (χ2n) is 7.16. The number of rotatable bonds is 3. The van der Waals surface area contributed by atoms with Crippen molar-refractivity contribution in [3.8, 4) is 5.75 Å². The molecule has 3 aromatic rings. The molecule has 0 saturated carbocycles. The summed E-state index contributed by atoms with van der Waals surface area (Å²) in [5.74, 6) is -1.74. The predicted molar refractivity (Wildman–Crippen MR) is 101 cm³/mol. The molecule has 0 amide bonds. The van der Waals surface area contributed by atoms with E-state index in [0.717, 1.165) is 12.5 Å². The maximum Gasteiger partial charge on any atom is 0.341 e. The van der Waals surface area contributed by atoms with Crippen LogP contribution in [0.4, 0.5) is 10.1 Å². The lowest BCUT2D eigenvalue weighted by molar-refractivity contribution is 0.0694. The van der Waals surface area contributed by atoms with Crippen molar-refractivity contribution in [1.82, 2.24) is 19.7 Å². The van der Waals surface area contributed by atoms with Crippen LogP contribution in [-0.4, -0.2) is 57.6 Å². The Balaban J connectivity index is 1.69. The number of hydrogen-bond acceptors (Lipinski definition) is 7. The zero-order valence-corrected chi connectivity index (χ0v) is 15.4. The van der Waals surface area contributed by atoms with E-state index in [1.54, 1.807) is 29.1 Å². The third-order valence-electron chi connectivity index (χ3n) is 5.44. The highest BCUT2D eigenvalue weighted by Crippen LogP contribution is 2.42. The van der Waals surface area contributed by atoms with Crippen molar-refractivity contribution in [2.75, 3.05) is 36.8 Å². The Morgan fingerprint density at radius 1 is 1.41 bits per heavy atom. The summed E-state index contributed by atoms with van der Waals surface area (Å²) in [6.07, 6.45) is 5.38. The number of hydrogen-bond donors (Lipinski definition) is 1. The highest BCUT2D eigenvalue weighted by Gasteiger charge is 2.33. The van der Waals surface area contributed by atoms with E-state index in [1.807, 2.05) is 4.90 Å². The van der Waals surface area contributed by atoms with Crippen molar-refractivity contribution >= 4 is 22.6 Å². The number of carboxylic acids is 1. The van der Waals surface area contributed by atoms with Crippen molar-refractivity contribution in [3.05, 3.63) is 46.3 Å². The molecule has 2 aliphatic rings.